The van der Waals surface area contributed by atoms with E-state index in [1.165, 1.54) is 21.9 Å². The lowest BCUT2D eigenvalue weighted by Crippen LogP contribution is -2.42. The van der Waals surface area contributed by atoms with Crippen LogP contribution in [0, 0.1) is 25.7 Å². The average molecular weight is 521 g/mol. The molecule has 3 heterocycles. The molecule has 192 valence electrons. The lowest BCUT2D eigenvalue weighted by Gasteiger charge is -2.34. The molecule has 4 atom stereocenters. The van der Waals surface area contributed by atoms with Crippen LogP contribution in [0.1, 0.15) is 33.4 Å². The largest absolute Gasteiger partial charge is 0.392 e. The Hall–Kier alpha value is -4.54. The highest BCUT2D eigenvalue weighted by Gasteiger charge is 2.78. The normalized spacial score (nSPS) is 26.6. The second-order valence-corrected chi connectivity index (χ2v) is 11.7. The molecule has 3 aliphatic heterocycles. The van der Waals surface area contributed by atoms with E-state index < -0.39 is 35.0 Å². The van der Waals surface area contributed by atoms with Gasteiger partial charge in [0.2, 0.25) is 0 Å². The van der Waals surface area contributed by atoms with Gasteiger partial charge in [0, 0.05) is 0 Å². The third-order valence-electron chi connectivity index (χ3n) is 9.64. The maximum atomic E-state index is 13.6. The van der Waals surface area contributed by atoms with Crippen LogP contribution in [0.4, 0.5) is 0 Å². The fraction of sp³-hybridized carbons (Fsp3) is 0.167. The van der Waals surface area contributed by atoms with Gasteiger partial charge >= 0.3 is 11.9 Å². The Morgan fingerprint density at radius 1 is 0.575 bits per heavy atom. The van der Waals surface area contributed by atoms with Crippen molar-refractivity contribution >= 4 is 22.7 Å². The molecule has 0 radical (unpaired) electrons. The SMILES string of the molecule is Cc1ccc(C23OC(c4ccc(C)cc4)(c4cc5c(cc42)-c2cccc4cccc-5c24)C2C(=O)OC(=O)C23)cc1. The molecule has 9 rings (SSSR count). The van der Waals surface area contributed by atoms with Crippen LogP contribution in [-0.4, -0.2) is 11.9 Å². The van der Waals surface area contributed by atoms with Crippen LogP contribution in [0.3, 0.4) is 0 Å². The number of cyclic esters (lactones) is 2. The summed E-state index contributed by atoms with van der Waals surface area (Å²) in [5.74, 6) is -2.59. The molecule has 2 fully saturated rings. The number of carbonyl (C=O) groups is 2. The second-order valence-electron chi connectivity index (χ2n) is 11.7. The van der Waals surface area contributed by atoms with Crippen LogP contribution < -0.4 is 0 Å². The third kappa shape index (κ3) is 2.39. The summed E-state index contributed by atoms with van der Waals surface area (Å²) in [5.41, 5.74) is 8.13. The average Bonchev–Trinajstić information content (AvgIpc) is 3.65. The van der Waals surface area contributed by atoms with Gasteiger partial charge in [0.15, 0.2) is 0 Å². The number of ether oxygens (including phenoxy) is 2. The number of hydrogen-bond acceptors (Lipinski definition) is 4. The molecular weight excluding hydrogens is 496 g/mol. The van der Waals surface area contributed by atoms with Gasteiger partial charge in [-0.1, -0.05) is 96.1 Å². The molecule has 4 heteroatoms. The maximum absolute atomic E-state index is 13.6. The summed E-state index contributed by atoms with van der Waals surface area (Å²) in [7, 11) is 0. The first-order chi connectivity index (χ1) is 19.4. The first-order valence-corrected chi connectivity index (χ1v) is 13.7. The Labute approximate surface area is 231 Å². The van der Waals surface area contributed by atoms with Crippen molar-refractivity contribution in [3.63, 3.8) is 0 Å². The minimum atomic E-state index is -1.15. The molecule has 2 saturated heterocycles. The van der Waals surface area contributed by atoms with E-state index >= 15 is 0 Å². The molecule has 0 N–H and O–H groups in total. The zero-order valence-corrected chi connectivity index (χ0v) is 22.0. The van der Waals surface area contributed by atoms with E-state index in [0.717, 1.165) is 44.5 Å². The maximum Gasteiger partial charge on any atom is 0.321 e. The number of benzene rings is 5. The number of hydrogen-bond donors (Lipinski definition) is 0. The monoisotopic (exact) mass is 520 g/mol. The molecule has 5 aromatic carbocycles. The molecule has 0 saturated carbocycles. The van der Waals surface area contributed by atoms with Gasteiger partial charge in [-0.05, 0) is 81.3 Å². The van der Waals surface area contributed by atoms with Gasteiger partial charge in [-0.15, -0.1) is 0 Å². The Balaban J connectivity index is 1.43. The molecule has 40 heavy (non-hydrogen) atoms. The summed E-state index contributed by atoms with van der Waals surface area (Å²) in [6.07, 6.45) is 0. The lowest BCUT2D eigenvalue weighted by molar-refractivity contribution is -0.162. The minimum Gasteiger partial charge on any atom is -0.392 e. The fourth-order valence-corrected chi connectivity index (χ4v) is 7.97. The van der Waals surface area contributed by atoms with Crippen molar-refractivity contribution in [3.8, 4) is 22.3 Å². The van der Waals surface area contributed by atoms with E-state index in [0.29, 0.717) is 0 Å². The van der Waals surface area contributed by atoms with Crippen LogP contribution in [-0.2, 0) is 30.3 Å². The van der Waals surface area contributed by atoms with Crippen molar-refractivity contribution in [3.05, 3.63) is 130 Å². The van der Waals surface area contributed by atoms with Crippen LogP contribution in [0.5, 0.6) is 0 Å². The first-order valence-electron chi connectivity index (χ1n) is 13.7. The van der Waals surface area contributed by atoms with Crippen molar-refractivity contribution in [2.75, 3.05) is 0 Å². The number of esters is 2. The molecule has 4 nitrogen and oxygen atoms in total. The molecule has 0 aromatic heterocycles. The topological polar surface area (TPSA) is 52.6 Å². The third-order valence-corrected chi connectivity index (χ3v) is 9.64. The molecular formula is C36H24O4. The first kappa shape index (κ1) is 22.3. The number of fused-ring (bicyclic) bond motifs is 11. The standard InChI is InChI=1S/C36H24O4/c1-19-9-13-22(14-10-19)35-28-17-26-24-7-3-5-21-6-4-8-25(30(21)24)27(26)18-29(28)36(40-35,23-15-11-20(2)12-16-23)32-31(35)33(37)39-34(32)38/h3-18,31-32H,1-2H3. The Morgan fingerprint density at radius 3 is 1.48 bits per heavy atom. The predicted molar refractivity (Wildman–Crippen MR) is 151 cm³/mol. The van der Waals surface area contributed by atoms with Crippen molar-refractivity contribution < 1.29 is 19.1 Å². The molecule has 5 aromatic rings. The smallest absolute Gasteiger partial charge is 0.321 e. The Bertz CT molecular complexity index is 1830. The van der Waals surface area contributed by atoms with Gasteiger partial charge in [0.25, 0.3) is 0 Å². The van der Waals surface area contributed by atoms with Crippen LogP contribution in [0.25, 0.3) is 33.0 Å². The van der Waals surface area contributed by atoms with Crippen LogP contribution >= 0.6 is 0 Å². The van der Waals surface area contributed by atoms with E-state index in [-0.39, 0.29) is 0 Å². The van der Waals surface area contributed by atoms with Crippen molar-refractivity contribution in [2.45, 2.75) is 25.0 Å². The highest BCUT2D eigenvalue weighted by molar-refractivity contribution is 6.15. The molecule has 0 spiro atoms. The highest BCUT2D eigenvalue weighted by Crippen LogP contribution is 2.71. The number of aryl methyl sites for hydroxylation is 2. The van der Waals surface area contributed by atoms with Crippen molar-refractivity contribution in [1.29, 1.82) is 0 Å². The Kier molecular flexibility index (Phi) is 3.98. The zero-order chi connectivity index (χ0) is 27.0. The summed E-state index contributed by atoms with van der Waals surface area (Å²) < 4.78 is 12.7. The molecule has 0 amide bonds. The second kappa shape index (κ2) is 7.15. The fourth-order valence-electron chi connectivity index (χ4n) is 7.97. The van der Waals surface area contributed by atoms with E-state index in [4.69, 9.17) is 9.47 Å². The van der Waals surface area contributed by atoms with Crippen molar-refractivity contribution in [2.24, 2.45) is 11.8 Å². The summed E-state index contributed by atoms with van der Waals surface area (Å²) in [6.45, 7) is 4.08. The van der Waals surface area contributed by atoms with Crippen molar-refractivity contribution in [1.82, 2.24) is 0 Å². The molecule has 4 unspecified atom stereocenters. The lowest BCUT2D eigenvalue weighted by atomic mass is 9.60. The predicted octanol–water partition coefficient (Wildman–Crippen LogP) is 6.95. The van der Waals surface area contributed by atoms with Gasteiger partial charge in [0.1, 0.15) is 23.0 Å². The van der Waals surface area contributed by atoms with Crippen LogP contribution in [0.15, 0.2) is 97.1 Å². The van der Waals surface area contributed by atoms with Crippen LogP contribution in [0.2, 0.25) is 0 Å². The van der Waals surface area contributed by atoms with Gasteiger partial charge < -0.3 is 9.47 Å². The van der Waals surface area contributed by atoms with E-state index in [1.54, 1.807) is 0 Å². The van der Waals surface area contributed by atoms with E-state index in [1.807, 2.05) is 62.4 Å². The number of rotatable bonds is 2. The summed E-state index contributed by atoms with van der Waals surface area (Å²) in [6, 6.07) is 33.6. The minimum absolute atomic E-state index is 0.513. The molecule has 4 aliphatic rings. The molecule has 1 aliphatic carbocycles. The summed E-state index contributed by atoms with van der Waals surface area (Å²) in [5, 5.41) is 2.43. The van der Waals surface area contributed by atoms with Gasteiger partial charge in [-0.3, -0.25) is 9.59 Å². The van der Waals surface area contributed by atoms with Gasteiger partial charge in [0.05, 0.1) is 0 Å². The highest BCUT2D eigenvalue weighted by atomic mass is 16.6. The molecule has 2 bridgehead atoms. The number of carbonyl (C=O) groups excluding carboxylic acids is 2. The summed E-state index contributed by atoms with van der Waals surface area (Å²) >= 11 is 0. The summed E-state index contributed by atoms with van der Waals surface area (Å²) in [4.78, 5) is 27.2. The van der Waals surface area contributed by atoms with E-state index in [9.17, 15) is 9.59 Å². The zero-order valence-electron chi connectivity index (χ0n) is 22.0. The quantitative estimate of drug-likeness (QED) is 0.183. The van der Waals surface area contributed by atoms with E-state index in [2.05, 4.69) is 48.5 Å². The van der Waals surface area contributed by atoms with Gasteiger partial charge in [-0.2, -0.15) is 0 Å². The van der Waals surface area contributed by atoms with Gasteiger partial charge in [-0.25, -0.2) is 0 Å². The Morgan fingerprint density at radius 2 is 1.02 bits per heavy atom.